The Labute approximate surface area is 126 Å². The third kappa shape index (κ3) is 2.78. The number of amides is 1. The second kappa shape index (κ2) is 5.39. The predicted octanol–water partition coefficient (Wildman–Crippen LogP) is 1.49. The van der Waals surface area contributed by atoms with Gasteiger partial charge in [0.2, 0.25) is 10.0 Å². The summed E-state index contributed by atoms with van der Waals surface area (Å²) in [7, 11) is -3.77. The molecular weight excluding hydrogens is 309 g/mol. The Bertz CT molecular complexity index is 821. The lowest BCUT2D eigenvalue weighted by atomic mass is 10.3. The number of fused-ring (bicyclic) bond motifs is 1. The van der Waals surface area contributed by atoms with Gasteiger partial charge in [0.05, 0.1) is 5.69 Å². The topological polar surface area (TPSA) is 87.3 Å². The molecule has 1 aliphatic heterocycles. The highest BCUT2D eigenvalue weighted by atomic mass is 32.2. The fourth-order valence-electron chi connectivity index (χ4n) is 2.09. The van der Waals surface area contributed by atoms with Gasteiger partial charge in [-0.05, 0) is 36.4 Å². The zero-order valence-electron chi connectivity index (χ0n) is 11.2. The first-order valence-corrected chi connectivity index (χ1v) is 7.88. The first-order chi connectivity index (χ1) is 10.5. The van der Waals surface area contributed by atoms with Crippen LogP contribution in [0.3, 0.4) is 0 Å². The lowest BCUT2D eigenvalue weighted by Gasteiger charge is -2.27. The van der Waals surface area contributed by atoms with Crippen molar-refractivity contribution >= 4 is 27.3 Å². The van der Waals surface area contributed by atoms with Gasteiger partial charge in [-0.25, -0.2) is 12.8 Å². The summed E-state index contributed by atoms with van der Waals surface area (Å²) in [5.41, 5.74) is 0.715. The fourth-order valence-corrected chi connectivity index (χ4v) is 3.37. The number of halogens is 1. The van der Waals surface area contributed by atoms with Gasteiger partial charge in [-0.15, -0.1) is 0 Å². The van der Waals surface area contributed by atoms with E-state index in [4.69, 9.17) is 0 Å². The minimum Gasteiger partial charge on any atom is -0.360 e. The molecule has 1 heterocycles. The van der Waals surface area contributed by atoms with Crippen molar-refractivity contribution in [1.82, 2.24) is 4.72 Å². The van der Waals surface area contributed by atoms with Crippen molar-refractivity contribution in [3.05, 3.63) is 54.3 Å². The third-order valence-corrected chi connectivity index (χ3v) is 4.60. The summed E-state index contributed by atoms with van der Waals surface area (Å²) in [5, 5.41) is 5.32. The van der Waals surface area contributed by atoms with Crippen LogP contribution in [0.15, 0.2) is 53.4 Å². The van der Waals surface area contributed by atoms with Crippen LogP contribution in [0.5, 0.6) is 0 Å². The molecule has 8 heteroatoms. The summed E-state index contributed by atoms with van der Waals surface area (Å²) in [4.78, 5) is 12.2. The van der Waals surface area contributed by atoms with Crippen molar-refractivity contribution in [2.75, 3.05) is 10.6 Å². The Hall–Kier alpha value is -2.45. The molecule has 0 aromatic heterocycles. The number of hydrogen-bond donors (Lipinski definition) is 3. The minimum absolute atomic E-state index is 0.0841. The van der Waals surface area contributed by atoms with Gasteiger partial charge in [0, 0.05) is 5.69 Å². The summed E-state index contributed by atoms with van der Waals surface area (Å²) < 4.78 is 39.3. The predicted molar refractivity (Wildman–Crippen MR) is 79.2 cm³/mol. The average molecular weight is 321 g/mol. The molecule has 3 rings (SSSR count). The molecule has 1 amide bonds. The van der Waals surface area contributed by atoms with E-state index in [0.717, 1.165) is 0 Å². The molecule has 0 spiro atoms. The van der Waals surface area contributed by atoms with E-state index in [2.05, 4.69) is 15.4 Å². The SMILES string of the molecule is O=C(Nc1ccc(F)cc1)[C@H]1Nc2ccccc2S(=O)(=O)N1. The van der Waals surface area contributed by atoms with Gasteiger partial charge in [-0.1, -0.05) is 12.1 Å². The van der Waals surface area contributed by atoms with Gasteiger partial charge in [-0.2, -0.15) is 4.72 Å². The normalized spacial score (nSPS) is 18.9. The highest BCUT2D eigenvalue weighted by Crippen LogP contribution is 2.25. The summed E-state index contributed by atoms with van der Waals surface area (Å²) in [5.74, 6) is -1.02. The van der Waals surface area contributed by atoms with Crippen molar-refractivity contribution in [3.63, 3.8) is 0 Å². The van der Waals surface area contributed by atoms with Crippen LogP contribution in [0.25, 0.3) is 0 Å². The molecule has 0 fully saturated rings. The number of hydrogen-bond acceptors (Lipinski definition) is 4. The molecule has 2 aromatic rings. The van der Waals surface area contributed by atoms with Crippen molar-refractivity contribution < 1.29 is 17.6 Å². The Balaban J connectivity index is 1.82. The molecule has 0 bridgehead atoms. The molecule has 0 aliphatic carbocycles. The van der Waals surface area contributed by atoms with E-state index >= 15 is 0 Å². The molecule has 0 unspecified atom stereocenters. The standard InChI is InChI=1S/C14H12FN3O3S/c15-9-5-7-10(8-6-9)16-14(19)13-17-11-3-1-2-4-12(11)22(20,21)18-13/h1-8,13,17-18H,(H,16,19)/t13-/m0/s1. The first kappa shape index (κ1) is 14.5. The van der Waals surface area contributed by atoms with Crippen LogP contribution in [-0.4, -0.2) is 20.5 Å². The minimum atomic E-state index is -3.77. The van der Waals surface area contributed by atoms with Gasteiger partial charge in [0.15, 0.2) is 6.17 Å². The molecule has 6 nitrogen and oxygen atoms in total. The number of rotatable bonds is 2. The van der Waals surface area contributed by atoms with Gasteiger partial charge in [0.1, 0.15) is 10.7 Å². The van der Waals surface area contributed by atoms with Crippen LogP contribution < -0.4 is 15.4 Å². The highest BCUT2D eigenvalue weighted by Gasteiger charge is 2.32. The van der Waals surface area contributed by atoms with Gasteiger partial charge in [0.25, 0.3) is 5.91 Å². The monoisotopic (exact) mass is 321 g/mol. The number of nitrogens with one attached hydrogen (secondary N) is 3. The number of carbonyl (C=O) groups is 1. The van der Waals surface area contributed by atoms with E-state index in [1.165, 1.54) is 30.3 Å². The molecule has 3 N–H and O–H groups in total. The zero-order valence-corrected chi connectivity index (χ0v) is 12.0. The lowest BCUT2D eigenvalue weighted by Crippen LogP contribution is -2.51. The highest BCUT2D eigenvalue weighted by molar-refractivity contribution is 7.89. The van der Waals surface area contributed by atoms with Crippen LogP contribution in [0, 0.1) is 5.82 Å². The van der Waals surface area contributed by atoms with Gasteiger partial charge in [-0.3, -0.25) is 4.79 Å². The van der Waals surface area contributed by atoms with Crippen molar-refractivity contribution in [2.45, 2.75) is 11.1 Å². The van der Waals surface area contributed by atoms with E-state index in [9.17, 15) is 17.6 Å². The van der Waals surface area contributed by atoms with Crippen molar-refractivity contribution in [1.29, 1.82) is 0 Å². The zero-order chi connectivity index (χ0) is 15.7. The van der Waals surface area contributed by atoms with Crippen LogP contribution in [0.2, 0.25) is 0 Å². The number of carbonyl (C=O) groups excluding carboxylic acids is 1. The van der Waals surface area contributed by atoms with Crippen LogP contribution >= 0.6 is 0 Å². The number of anilines is 2. The third-order valence-electron chi connectivity index (χ3n) is 3.12. The Morgan fingerprint density at radius 1 is 1.09 bits per heavy atom. The fraction of sp³-hybridized carbons (Fsp3) is 0.0714. The summed E-state index contributed by atoms with van der Waals surface area (Å²) in [6.07, 6.45) is -1.15. The van der Waals surface area contributed by atoms with E-state index in [1.807, 2.05) is 0 Å². The van der Waals surface area contributed by atoms with E-state index in [1.54, 1.807) is 18.2 Å². The average Bonchev–Trinajstić information content (AvgIpc) is 2.49. The van der Waals surface area contributed by atoms with E-state index in [-0.39, 0.29) is 4.90 Å². The maximum absolute atomic E-state index is 12.8. The molecule has 1 aliphatic rings. The summed E-state index contributed by atoms with van der Waals surface area (Å²) in [6, 6.07) is 11.5. The summed E-state index contributed by atoms with van der Waals surface area (Å²) >= 11 is 0. The molecule has 0 saturated heterocycles. The number of para-hydroxylation sites is 1. The molecule has 0 saturated carbocycles. The Morgan fingerprint density at radius 3 is 2.50 bits per heavy atom. The Kier molecular flexibility index (Phi) is 3.55. The maximum Gasteiger partial charge on any atom is 0.262 e. The maximum atomic E-state index is 12.8. The van der Waals surface area contributed by atoms with Crippen LogP contribution in [0.1, 0.15) is 0 Å². The van der Waals surface area contributed by atoms with Crippen LogP contribution in [0.4, 0.5) is 15.8 Å². The second-order valence-corrected chi connectivity index (χ2v) is 6.37. The number of benzene rings is 2. The van der Waals surface area contributed by atoms with Crippen molar-refractivity contribution in [3.8, 4) is 0 Å². The molecule has 1 atom stereocenters. The molecule has 0 radical (unpaired) electrons. The smallest absolute Gasteiger partial charge is 0.262 e. The van der Waals surface area contributed by atoms with E-state index in [0.29, 0.717) is 11.4 Å². The Morgan fingerprint density at radius 2 is 1.77 bits per heavy atom. The van der Waals surface area contributed by atoms with Crippen molar-refractivity contribution in [2.24, 2.45) is 0 Å². The first-order valence-electron chi connectivity index (χ1n) is 6.40. The van der Waals surface area contributed by atoms with Crippen LogP contribution in [-0.2, 0) is 14.8 Å². The second-order valence-electron chi connectivity index (χ2n) is 4.69. The van der Waals surface area contributed by atoms with Gasteiger partial charge < -0.3 is 10.6 Å². The summed E-state index contributed by atoms with van der Waals surface area (Å²) in [6.45, 7) is 0. The molecule has 2 aromatic carbocycles. The van der Waals surface area contributed by atoms with Gasteiger partial charge >= 0.3 is 0 Å². The molecular formula is C14H12FN3O3S. The number of sulfonamides is 1. The molecule has 114 valence electrons. The quantitative estimate of drug-likeness (QED) is 0.782. The molecule has 22 heavy (non-hydrogen) atoms. The lowest BCUT2D eigenvalue weighted by molar-refractivity contribution is -0.117. The largest absolute Gasteiger partial charge is 0.360 e. The van der Waals surface area contributed by atoms with E-state index < -0.39 is 27.9 Å².